The fraction of sp³-hybridized carbons (Fsp3) is 0.533. The second kappa shape index (κ2) is 9.05. The van der Waals surface area contributed by atoms with E-state index < -0.39 is 18.4 Å². The number of ether oxygens (including phenoxy) is 2. The van der Waals surface area contributed by atoms with Gasteiger partial charge in [-0.05, 0) is 12.1 Å². The van der Waals surface area contributed by atoms with Crippen molar-refractivity contribution in [1.82, 2.24) is 20.0 Å². The topological polar surface area (TPSA) is 144 Å². The number of nitrogens with one attached hydrogen (secondary N) is 1. The zero-order chi connectivity index (χ0) is 20.1. The summed E-state index contributed by atoms with van der Waals surface area (Å²) in [4.78, 5) is 24.2. The van der Waals surface area contributed by atoms with E-state index in [4.69, 9.17) is 15.0 Å². The molecule has 3 rings (SSSR count). The van der Waals surface area contributed by atoms with Crippen LogP contribution in [0.15, 0.2) is 24.3 Å². The summed E-state index contributed by atoms with van der Waals surface area (Å²) in [5.41, 5.74) is 6.10. The molecule has 1 atom stereocenters. The van der Waals surface area contributed by atoms with Gasteiger partial charge in [-0.3, -0.25) is 24.6 Å². The van der Waals surface area contributed by atoms with Gasteiger partial charge >= 0.3 is 7.59 Å². The van der Waals surface area contributed by atoms with E-state index in [1.54, 1.807) is 10.0 Å². The van der Waals surface area contributed by atoms with Gasteiger partial charge in [-0.1, -0.05) is 4.89 Å². The van der Waals surface area contributed by atoms with E-state index in [0.29, 0.717) is 52.6 Å². The molecule has 28 heavy (non-hydrogen) atoms. The van der Waals surface area contributed by atoms with Crippen LogP contribution in [0.5, 0.6) is 0 Å². The number of benzene rings is 1. The first-order chi connectivity index (χ1) is 13.4. The lowest BCUT2D eigenvalue weighted by Crippen LogP contribution is -2.60. The largest absolute Gasteiger partial charge is 0.379 e. The Morgan fingerprint density at radius 2 is 1.54 bits per heavy atom. The summed E-state index contributed by atoms with van der Waals surface area (Å²) in [6.07, 6.45) is 0. The molecule has 0 radical (unpaired) electrons. The molecule has 0 aromatic heterocycles. The van der Waals surface area contributed by atoms with Crippen molar-refractivity contribution in [3.05, 3.63) is 39.9 Å². The molecule has 1 aromatic rings. The van der Waals surface area contributed by atoms with Crippen LogP contribution in [0, 0.1) is 10.1 Å². The maximum Gasteiger partial charge on any atom is 0.333 e. The molecule has 13 heteroatoms. The number of hydrogen-bond donors (Lipinski definition) is 2. The lowest BCUT2D eigenvalue weighted by atomic mass is 10.2. The molecule has 0 saturated carbocycles. The highest BCUT2D eigenvalue weighted by molar-refractivity contribution is 7.57. The van der Waals surface area contributed by atoms with Crippen LogP contribution in [0.25, 0.3) is 0 Å². The van der Waals surface area contributed by atoms with Crippen molar-refractivity contribution < 1.29 is 23.8 Å². The monoisotopic (exact) mass is 414 g/mol. The zero-order valence-electron chi connectivity index (χ0n) is 15.2. The van der Waals surface area contributed by atoms with Gasteiger partial charge in [-0.2, -0.15) is 0 Å². The summed E-state index contributed by atoms with van der Waals surface area (Å²) in [5, 5.41) is 16.7. The SMILES string of the molecule is NP(=O)(NC(=O)c1ccc([N+](=O)[O-])cc1)N(N1CCOCC1)N1CCOCC1. The maximum atomic E-state index is 13.4. The molecule has 0 spiro atoms. The second-order valence-corrected chi connectivity index (χ2v) is 8.10. The van der Waals surface area contributed by atoms with Crippen LogP contribution in [0.2, 0.25) is 0 Å². The smallest absolute Gasteiger partial charge is 0.333 e. The molecule has 2 heterocycles. The van der Waals surface area contributed by atoms with Gasteiger partial charge in [-0.15, -0.1) is 0 Å². The number of nitro groups is 1. The molecule has 2 fully saturated rings. The van der Waals surface area contributed by atoms with Crippen molar-refractivity contribution in [3.8, 4) is 0 Å². The molecule has 1 amide bonds. The third-order valence-corrected chi connectivity index (χ3v) is 5.91. The Balaban J connectivity index is 1.78. The highest BCUT2D eigenvalue weighted by Crippen LogP contribution is 2.40. The maximum absolute atomic E-state index is 13.4. The van der Waals surface area contributed by atoms with Gasteiger partial charge in [0.05, 0.1) is 31.4 Å². The molecule has 2 aliphatic rings. The van der Waals surface area contributed by atoms with Gasteiger partial charge in [0, 0.05) is 43.9 Å². The number of hydrazine groups is 2. The number of carbonyl (C=O) groups excluding carboxylic acids is 1. The number of non-ortho nitro benzene ring substituents is 1. The third-order valence-electron chi connectivity index (χ3n) is 4.35. The van der Waals surface area contributed by atoms with Crippen LogP contribution < -0.4 is 10.6 Å². The third kappa shape index (κ3) is 4.92. The number of hydrogen-bond acceptors (Lipinski definition) is 8. The van der Waals surface area contributed by atoms with Gasteiger partial charge in [0.15, 0.2) is 0 Å². The highest BCUT2D eigenvalue weighted by Gasteiger charge is 2.39. The van der Waals surface area contributed by atoms with Crippen molar-refractivity contribution in [1.29, 1.82) is 0 Å². The average molecular weight is 414 g/mol. The number of amides is 1. The molecule has 1 aromatic carbocycles. The van der Waals surface area contributed by atoms with E-state index in [2.05, 4.69) is 5.09 Å². The van der Waals surface area contributed by atoms with E-state index in [9.17, 15) is 19.5 Å². The Bertz CT molecular complexity index is 732. The number of morpholine rings is 2. The Kier molecular flexibility index (Phi) is 6.73. The van der Waals surface area contributed by atoms with Crippen molar-refractivity contribution in [2.24, 2.45) is 5.50 Å². The van der Waals surface area contributed by atoms with Gasteiger partial charge in [0.25, 0.3) is 11.6 Å². The zero-order valence-corrected chi connectivity index (χ0v) is 16.1. The summed E-state index contributed by atoms with van der Waals surface area (Å²) in [6, 6.07) is 5.00. The van der Waals surface area contributed by atoms with E-state index in [1.807, 2.05) is 0 Å². The number of nitro benzene ring substituents is 1. The Hall–Kier alpha value is -1.92. The quantitative estimate of drug-likeness (QED) is 0.376. The van der Waals surface area contributed by atoms with Gasteiger partial charge in [0.2, 0.25) is 0 Å². The molecule has 2 aliphatic heterocycles. The summed E-state index contributed by atoms with van der Waals surface area (Å²) in [6.45, 7) is 3.73. The summed E-state index contributed by atoms with van der Waals surface area (Å²) in [5.74, 6) is -0.674. The van der Waals surface area contributed by atoms with Crippen molar-refractivity contribution in [3.63, 3.8) is 0 Å². The van der Waals surface area contributed by atoms with Crippen LogP contribution in [-0.4, -0.2) is 78.3 Å². The van der Waals surface area contributed by atoms with E-state index in [0.717, 1.165) is 0 Å². The first-order valence-electron chi connectivity index (χ1n) is 8.80. The van der Waals surface area contributed by atoms with Crippen molar-refractivity contribution in [2.75, 3.05) is 52.6 Å². The number of carbonyl (C=O) groups is 1. The summed E-state index contributed by atoms with van der Waals surface area (Å²) in [7, 11) is -3.85. The molecule has 3 N–H and O–H groups in total. The lowest BCUT2D eigenvalue weighted by Gasteiger charge is -2.46. The minimum atomic E-state index is -3.85. The van der Waals surface area contributed by atoms with Crippen LogP contribution in [-0.2, 0) is 14.0 Å². The number of nitrogens with two attached hydrogens (primary N) is 1. The standard InChI is InChI=1S/C15H23N6O6P/c16-28(25,17-15(22)13-1-3-14(4-2-13)20(23)24)21(18-5-9-26-10-6-18)19-7-11-27-12-8-19/h1-4H,5-12H2,(H3,16,17,22,25). The molecule has 154 valence electrons. The normalized spacial score (nSPS) is 21.2. The molecule has 2 saturated heterocycles. The van der Waals surface area contributed by atoms with Crippen LogP contribution in [0.1, 0.15) is 10.4 Å². The van der Waals surface area contributed by atoms with Gasteiger partial charge in [0.1, 0.15) is 0 Å². The minimum absolute atomic E-state index is 0.125. The Labute approximate surface area is 161 Å². The predicted molar refractivity (Wildman–Crippen MR) is 99.0 cm³/mol. The van der Waals surface area contributed by atoms with Gasteiger partial charge in [-0.25, -0.2) is 15.5 Å². The molecule has 12 nitrogen and oxygen atoms in total. The molecule has 0 bridgehead atoms. The predicted octanol–water partition coefficient (Wildman–Crippen LogP) is 0.188. The average Bonchev–Trinajstić information content (AvgIpc) is 2.69. The van der Waals surface area contributed by atoms with E-state index in [-0.39, 0.29) is 11.3 Å². The number of rotatable bonds is 6. The van der Waals surface area contributed by atoms with Crippen LogP contribution in [0.4, 0.5) is 5.69 Å². The minimum Gasteiger partial charge on any atom is -0.379 e. The fourth-order valence-corrected chi connectivity index (χ4v) is 4.63. The first kappa shape index (κ1) is 20.8. The Morgan fingerprint density at radius 3 is 1.96 bits per heavy atom. The summed E-state index contributed by atoms with van der Waals surface area (Å²) >= 11 is 0. The van der Waals surface area contributed by atoms with Crippen LogP contribution in [0.3, 0.4) is 0 Å². The molecular weight excluding hydrogens is 391 g/mol. The van der Waals surface area contributed by atoms with Crippen molar-refractivity contribution >= 4 is 19.2 Å². The second-order valence-electron chi connectivity index (χ2n) is 6.27. The van der Waals surface area contributed by atoms with Crippen molar-refractivity contribution in [2.45, 2.75) is 0 Å². The molecule has 0 aliphatic carbocycles. The Morgan fingerprint density at radius 1 is 1.07 bits per heavy atom. The highest BCUT2D eigenvalue weighted by atomic mass is 31.2. The summed E-state index contributed by atoms with van der Waals surface area (Å²) < 4.78 is 24.1. The molecular formula is C15H23N6O6P. The van der Waals surface area contributed by atoms with E-state index >= 15 is 0 Å². The van der Waals surface area contributed by atoms with Crippen LogP contribution >= 0.6 is 7.59 Å². The fourth-order valence-electron chi connectivity index (χ4n) is 3.01. The lowest BCUT2D eigenvalue weighted by molar-refractivity contribution is -0.384. The molecule has 1 unspecified atom stereocenters. The van der Waals surface area contributed by atoms with Gasteiger partial charge < -0.3 is 9.47 Å². The number of nitrogens with zero attached hydrogens (tertiary/aromatic N) is 4. The first-order valence-corrected chi connectivity index (χ1v) is 10.5. The van der Waals surface area contributed by atoms with E-state index in [1.165, 1.54) is 29.2 Å².